The van der Waals surface area contributed by atoms with Gasteiger partial charge in [-0.15, -0.1) is 24.0 Å². The van der Waals surface area contributed by atoms with E-state index in [0.717, 1.165) is 52.5 Å². The van der Waals surface area contributed by atoms with E-state index >= 15 is 0 Å². The molecule has 0 radical (unpaired) electrons. The van der Waals surface area contributed by atoms with Crippen LogP contribution in [0, 0.1) is 0 Å². The largest absolute Gasteiger partial charge is 0.354 e. The molecule has 3 unspecified atom stereocenters. The summed E-state index contributed by atoms with van der Waals surface area (Å²) < 4.78 is 13.0. The minimum Gasteiger partial charge on any atom is -0.354 e. The molecule has 0 saturated heterocycles. The molecule has 25 heavy (non-hydrogen) atoms. The highest BCUT2D eigenvalue weighted by atomic mass is 127. The van der Waals surface area contributed by atoms with Crippen LogP contribution in [0.3, 0.4) is 0 Å². The number of halogens is 3. The molecule has 3 atom stereocenters. The molecule has 1 aromatic rings. The average molecular weight is 563 g/mol. The van der Waals surface area contributed by atoms with E-state index in [-0.39, 0.29) is 24.0 Å². The lowest BCUT2D eigenvalue weighted by atomic mass is 9.95. The Kier molecular flexibility index (Phi) is 10.9. The third-order valence-electron chi connectivity index (χ3n) is 4.31. The lowest BCUT2D eigenvalue weighted by Crippen LogP contribution is -2.46. The summed E-state index contributed by atoms with van der Waals surface area (Å²) in [5, 5.41) is 7.81. The van der Waals surface area contributed by atoms with Crippen molar-refractivity contribution in [2.45, 2.75) is 50.4 Å². The van der Waals surface area contributed by atoms with Gasteiger partial charge in [0.1, 0.15) is 0 Å². The molecule has 1 saturated carbocycles. The van der Waals surface area contributed by atoms with Crippen LogP contribution in [-0.2, 0) is 17.3 Å². The van der Waals surface area contributed by atoms with Crippen molar-refractivity contribution in [3.05, 3.63) is 33.3 Å². The number of aliphatic imine (C=N–C) groups is 1. The highest BCUT2D eigenvalue weighted by Crippen LogP contribution is 2.23. The zero-order valence-corrected chi connectivity index (χ0v) is 20.0. The first kappa shape index (κ1) is 23.2. The normalized spacial score (nSPS) is 22.0. The number of rotatable bonds is 5. The number of benzene rings is 1. The van der Waals surface area contributed by atoms with Gasteiger partial charge in [-0.1, -0.05) is 46.9 Å². The Labute approximate surface area is 183 Å². The van der Waals surface area contributed by atoms with Gasteiger partial charge >= 0.3 is 0 Å². The Hall–Kier alpha value is 0.140. The van der Waals surface area contributed by atoms with E-state index in [9.17, 15) is 4.21 Å². The van der Waals surface area contributed by atoms with Gasteiger partial charge in [-0.3, -0.25) is 9.20 Å². The summed E-state index contributed by atoms with van der Waals surface area (Å²) in [5.41, 5.74) is 1.02. The first-order valence-corrected chi connectivity index (χ1v) is 10.9. The number of hydrogen-bond donors (Lipinski definition) is 2. The van der Waals surface area contributed by atoms with Crippen LogP contribution in [0.5, 0.6) is 0 Å². The Morgan fingerprint density at radius 3 is 2.84 bits per heavy atom. The SMILES string of the molecule is CCS(=O)C1CCCC(NC(=NC)NCc2ccc(Br)cc2Cl)C1.I. The van der Waals surface area contributed by atoms with Crippen LogP contribution < -0.4 is 10.6 Å². The summed E-state index contributed by atoms with van der Waals surface area (Å²) in [6.07, 6.45) is 4.22. The van der Waals surface area contributed by atoms with Gasteiger partial charge < -0.3 is 10.6 Å². The lowest BCUT2D eigenvalue weighted by Gasteiger charge is -2.30. The van der Waals surface area contributed by atoms with E-state index in [2.05, 4.69) is 31.6 Å². The molecular formula is C17H26BrClIN3OS. The molecule has 0 spiro atoms. The third-order valence-corrected chi connectivity index (χ3v) is 6.89. The Balaban J connectivity index is 0.00000312. The van der Waals surface area contributed by atoms with E-state index in [0.29, 0.717) is 17.8 Å². The van der Waals surface area contributed by atoms with E-state index in [4.69, 9.17) is 11.6 Å². The molecule has 0 aliphatic heterocycles. The number of guanidine groups is 1. The summed E-state index contributed by atoms with van der Waals surface area (Å²) >= 11 is 9.67. The van der Waals surface area contributed by atoms with Crippen molar-refractivity contribution in [3.8, 4) is 0 Å². The van der Waals surface area contributed by atoms with Crippen LogP contribution in [0.15, 0.2) is 27.7 Å². The first-order valence-electron chi connectivity index (χ1n) is 8.31. The molecule has 8 heteroatoms. The molecule has 142 valence electrons. The van der Waals surface area contributed by atoms with E-state index in [1.807, 2.05) is 25.1 Å². The zero-order chi connectivity index (χ0) is 17.5. The predicted molar refractivity (Wildman–Crippen MR) is 123 cm³/mol. The van der Waals surface area contributed by atoms with Gasteiger partial charge in [0.05, 0.1) is 0 Å². The Morgan fingerprint density at radius 1 is 1.44 bits per heavy atom. The van der Waals surface area contributed by atoms with Crippen LogP contribution >= 0.6 is 51.5 Å². The summed E-state index contributed by atoms with van der Waals surface area (Å²) in [6.45, 7) is 2.61. The van der Waals surface area contributed by atoms with Crippen LogP contribution in [0.25, 0.3) is 0 Å². The molecule has 0 bridgehead atoms. The molecule has 1 fully saturated rings. The van der Waals surface area contributed by atoms with Gasteiger partial charge in [0.2, 0.25) is 0 Å². The third kappa shape index (κ3) is 7.34. The minimum absolute atomic E-state index is 0. The van der Waals surface area contributed by atoms with Crippen molar-refractivity contribution in [1.82, 2.24) is 10.6 Å². The second-order valence-electron chi connectivity index (χ2n) is 5.96. The number of nitrogens with zero attached hydrogens (tertiary/aromatic N) is 1. The fraction of sp³-hybridized carbons (Fsp3) is 0.588. The van der Waals surface area contributed by atoms with Crippen LogP contribution in [0.1, 0.15) is 38.2 Å². The zero-order valence-electron chi connectivity index (χ0n) is 14.6. The summed E-state index contributed by atoms with van der Waals surface area (Å²) in [6, 6.07) is 6.19. The smallest absolute Gasteiger partial charge is 0.191 e. The molecular weight excluding hydrogens is 537 g/mol. The summed E-state index contributed by atoms with van der Waals surface area (Å²) in [7, 11) is 1.06. The monoisotopic (exact) mass is 561 g/mol. The van der Waals surface area contributed by atoms with Crippen LogP contribution in [0.2, 0.25) is 5.02 Å². The average Bonchev–Trinajstić information content (AvgIpc) is 2.59. The van der Waals surface area contributed by atoms with Gasteiger partial charge in [0.25, 0.3) is 0 Å². The highest BCUT2D eigenvalue weighted by molar-refractivity contribution is 14.0. The van der Waals surface area contributed by atoms with Gasteiger partial charge in [-0.25, -0.2) is 0 Å². The lowest BCUT2D eigenvalue weighted by molar-refractivity contribution is 0.413. The van der Waals surface area contributed by atoms with Crippen LogP contribution in [-0.4, -0.2) is 34.3 Å². The molecule has 0 amide bonds. The predicted octanol–water partition coefficient (Wildman–Crippen LogP) is 4.47. The quantitative estimate of drug-likeness (QED) is 0.317. The van der Waals surface area contributed by atoms with E-state index < -0.39 is 10.8 Å². The van der Waals surface area contributed by atoms with Gasteiger partial charge in [0, 0.05) is 50.9 Å². The second kappa shape index (κ2) is 11.8. The van der Waals surface area contributed by atoms with E-state index in [1.54, 1.807) is 7.05 Å². The Morgan fingerprint density at radius 2 is 2.20 bits per heavy atom. The maximum absolute atomic E-state index is 12.1. The Bertz CT molecular complexity index is 618. The first-order chi connectivity index (χ1) is 11.5. The summed E-state index contributed by atoms with van der Waals surface area (Å²) in [4.78, 5) is 4.30. The molecule has 1 aliphatic rings. The second-order valence-corrected chi connectivity index (χ2v) is 9.29. The standard InChI is InChI=1S/C17H25BrClN3OS.HI/c1-3-24(23)15-6-4-5-14(10-15)22-17(20-2)21-11-12-7-8-13(18)9-16(12)19;/h7-9,14-15H,3-6,10-11H2,1-2H3,(H2,20,21,22);1H. The molecule has 2 rings (SSSR count). The minimum atomic E-state index is -0.712. The van der Waals surface area contributed by atoms with Crippen molar-refractivity contribution >= 4 is 68.3 Å². The van der Waals surface area contributed by atoms with Crippen molar-refractivity contribution in [2.75, 3.05) is 12.8 Å². The number of hydrogen-bond acceptors (Lipinski definition) is 2. The molecule has 0 heterocycles. The van der Waals surface area contributed by atoms with Crippen molar-refractivity contribution < 1.29 is 4.21 Å². The van der Waals surface area contributed by atoms with Crippen molar-refractivity contribution in [2.24, 2.45) is 4.99 Å². The summed E-state index contributed by atoms with van der Waals surface area (Å²) in [5.74, 6) is 1.51. The fourth-order valence-electron chi connectivity index (χ4n) is 2.98. The molecule has 1 aliphatic carbocycles. The topological polar surface area (TPSA) is 53.5 Å². The maximum atomic E-state index is 12.1. The van der Waals surface area contributed by atoms with Gasteiger partial charge in [0.15, 0.2) is 5.96 Å². The number of nitrogens with one attached hydrogen (secondary N) is 2. The molecule has 0 aromatic heterocycles. The molecule has 4 nitrogen and oxygen atoms in total. The fourth-order valence-corrected chi connectivity index (χ4v) is 5.07. The van der Waals surface area contributed by atoms with Gasteiger partial charge in [-0.2, -0.15) is 0 Å². The van der Waals surface area contributed by atoms with Crippen LogP contribution in [0.4, 0.5) is 0 Å². The maximum Gasteiger partial charge on any atom is 0.191 e. The molecule has 2 N–H and O–H groups in total. The molecule has 1 aromatic carbocycles. The van der Waals surface area contributed by atoms with Crippen molar-refractivity contribution in [3.63, 3.8) is 0 Å². The van der Waals surface area contributed by atoms with Gasteiger partial charge in [-0.05, 0) is 37.0 Å². The highest BCUT2D eigenvalue weighted by Gasteiger charge is 2.26. The van der Waals surface area contributed by atoms with E-state index in [1.165, 1.54) is 0 Å². The van der Waals surface area contributed by atoms with Crippen molar-refractivity contribution in [1.29, 1.82) is 0 Å².